The van der Waals surface area contributed by atoms with E-state index in [9.17, 15) is 19.5 Å². The summed E-state index contributed by atoms with van der Waals surface area (Å²) in [5.41, 5.74) is 0.0219. The van der Waals surface area contributed by atoms with Crippen LogP contribution in [0.4, 0.5) is 0 Å². The van der Waals surface area contributed by atoms with Crippen LogP contribution in [0.5, 0.6) is 0 Å². The molecule has 1 aliphatic rings. The molecule has 0 aliphatic heterocycles. The average Bonchev–Trinajstić information content (AvgIpc) is 2.34. The largest absolute Gasteiger partial charge is 0.545 e. The monoisotopic (exact) mass is 263 g/mol. The van der Waals surface area contributed by atoms with Crippen molar-refractivity contribution in [3.63, 3.8) is 0 Å². The maximum Gasteiger partial charge on any atom is 0.153 e. The van der Waals surface area contributed by atoms with Crippen molar-refractivity contribution in [1.29, 1.82) is 0 Å². The number of carbonyl (C=O) groups is 3. The van der Waals surface area contributed by atoms with Crippen LogP contribution in [0.2, 0.25) is 0 Å². The number of rotatable bonds is 3. The number of carboxylic acid groups (broad SMARTS) is 1. The van der Waals surface area contributed by atoms with Crippen molar-refractivity contribution in [2.75, 3.05) is 0 Å². The molecule has 1 fully saturated rings. The van der Waals surface area contributed by atoms with Crippen molar-refractivity contribution >= 4 is 29.3 Å². The van der Waals surface area contributed by atoms with Gasteiger partial charge in [0.2, 0.25) is 0 Å². The summed E-state index contributed by atoms with van der Waals surface area (Å²) in [6, 6.07) is 6.26. The molecule has 94 valence electrons. The van der Waals surface area contributed by atoms with E-state index in [-0.39, 0.29) is 17.1 Å². The summed E-state index contributed by atoms with van der Waals surface area (Å²) in [6.07, 6.45) is 1.37. The average molecular weight is 263 g/mol. The van der Waals surface area contributed by atoms with Gasteiger partial charge in [-0.05, 0) is 12.5 Å². The fourth-order valence-electron chi connectivity index (χ4n) is 1.88. The van der Waals surface area contributed by atoms with E-state index in [1.54, 1.807) is 18.2 Å². The predicted octanol–water partition coefficient (Wildman–Crippen LogP) is 0.833. The molecule has 1 aromatic carbocycles. The number of carboxylic acids is 1. The molecule has 1 aliphatic carbocycles. The highest BCUT2D eigenvalue weighted by molar-refractivity contribution is 8.01. The molecule has 0 N–H and O–H groups in total. The van der Waals surface area contributed by atoms with E-state index in [2.05, 4.69) is 0 Å². The summed E-state index contributed by atoms with van der Waals surface area (Å²) in [5, 5.41) is 10.2. The summed E-state index contributed by atoms with van der Waals surface area (Å²) in [5.74, 6) is -1.54. The molecule has 0 atom stereocenters. The maximum absolute atomic E-state index is 11.7. The van der Waals surface area contributed by atoms with Gasteiger partial charge in [-0.2, -0.15) is 0 Å². The van der Waals surface area contributed by atoms with Crippen LogP contribution in [-0.4, -0.2) is 22.8 Å². The molecular weight excluding hydrogens is 252 g/mol. The minimum absolute atomic E-state index is 0.0219. The third-order valence-corrected chi connectivity index (χ3v) is 4.15. The van der Waals surface area contributed by atoms with Crippen molar-refractivity contribution in [1.82, 2.24) is 0 Å². The van der Waals surface area contributed by atoms with E-state index in [1.807, 2.05) is 0 Å². The molecule has 0 bridgehead atoms. The van der Waals surface area contributed by atoms with Crippen LogP contribution in [-0.2, 0) is 9.59 Å². The van der Waals surface area contributed by atoms with E-state index >= 15 is 0 Å². The van der Waals surface area contributed by atoms with Crippen molar-refractivity contribution < 1.29 is 19.5 Å². The molecule has 0 amide bonds. The summed E-state index contributed by atoms with van der Waals surface area (Å²) in [6.45, 7) is 0. The number of aromatic carboxylic acids is 1. The predicted molar refractivity (Wildman–Crippen MR) is 64.3 cm³/mol. The molecule has 1 saturated carbocycles. The number of thioether (sulfide) groups is 1. The molecule has 18 heavy (non-hydrogen) atoms. The molecule has 0 saturated heterocycles. The third-order valence-electron chi connectivity index (χ3n) is 2.78. The number of Topliss-reactive ketones (excluding diaryl/α,β-unsaturated/α-hetero) is 2. The van der Waals surface area contributed by atoms with Crippen LogP contribution in [0.25, 0.3) is 0 Å². The van der Waals surface area contributed by atoms with Gasteiger partial charge >= 0.3 is 0 Å². The Morgan fingerprint density at radius 3 is 2.39 bits per heavy atom. The lowest BCUT2D eigenvalue weighted by Crippen LogP contribution is -2.31. The molecule has 2 rings (SSSR count). The number of carbonyl (C=O) groups excluding carboxylic acids is 3. The van der Waals surface area contributed by atoms with Gasteiger partial charge in [0.05, 0.1) is 5.97 Å². The maximum atomic E-state index is 11.7. The Kier molecular flexibility index (Phi) is 3.81. The zero-order chi connectivity index (χ0) is 13.1. The van der Waals surface area contributed by atoms with Gasteiger partial charge in [-0.15, -0.1) is 11.8 Å². The fourth-order valence-corrected chi connectivity index (χ4v) is 3.06. The van der Waals surface area contributed by atoms with Gasteiger partial charge in [0, 0.05) is 23.3 Å². The van der Waals surface area contributed by atoms with Crippen LogP contribution >= 0.6 is 11.8 Å². The first kappa shape index (κ1) is 12.8. The second kappa shape index (κ2) is 5.35. The number of ketones is 2. The SMILES string of the molecule is O=C([O-])c1ccccc1SC1C(=O)CCCC1=O. The smallest absolute Gasteiger partial charge is 0.153 e. The Labute approximate surface area is 108 Å². The van der Waals surface area contributed by atoms with Crippen LogP contribution < -0.4 is 5.11 Å². The fraction of sp³-hybridized carbons (Fsp3) is 0.308. The molecular formula is C13H11O4S-. The molecule has 0 spiro atoms. The standard InChI is InChI=1S/C13H12O4S/c14-9-5-3-6-10(15)12(9)18-11-7-2-1-4-8(11)13(16)17/h1-2,4,7,12H,3,5-6H2,(H,16,17)/p-1. The van der Waals surface area contributed by atoms with Gasteiger partial charge in [-0.3, -0.25) is 9.59 Å². The quantitative estimate of drug-likeness (QED) is 0.755. The highest BCUT2D eigenvalue weighted by Gasteiger charge is 2.31. The van der Waals surface area contributed by atoms with E-state index in [1.165, 1.54) is 6.07 Å². The zero-order valence-corrected chi connectivity index (χ0v) is 10.4. The van der Waals surface area contributed by atoms with Gasteiger partial charge in [0.25, 0.3) is 0 Å². The van der Waals surface area contributed by atoms with Crippen LogP contribution in [0.1, 0.15) is 29.6 Å². The van der Waals surface area contributed by atoms with E-state index in [0.29, 0.717) is 24.2 Å². The van der Waals surface area contributed by atoms with Gasteiger partial charge in [0.1, 0.15) is 5.25 Å². The van der Waals surface area contributed by atoms with Crippen LogP contribution in [0.15, 0.2) is 29.2 Å². The van der Waals surface area contributed by atoms with Gasteiger partial charge in [-0.1, -0.05) is 18.2 Å². The molecule has 4 nitrogen and oxygen atoms in total. The van der Waals surface area contributed by atoms with Crippen molar-refractivity contribution in [3.8, 4) is 0 Å². The topological polar surface area (TPSA) is 74.3 Å². The zero-order valence-electron chi connectivity index (χ0n) is 9.55. The Balaban J connectivity index is 2.25. The summed E-state index contributed by atoms with van der Waals surface area (Å²) < 4.78 is 0. The highest BCUT2D eigenvalue weighted by atomic mass is 32.2. The van der Waals surface area contributed by atoms with Crippen molar-refractivity contribution in [2.24, 2.45) is 0 Å². The molecule has 0 aromatic heterocycles. The summed E-state index contributed by atoms with van der Waals surface area (Å²) >= 11 is 1.02. The lowest BCUT2D eigenvalue weighted by molar-refractivity contribution is -0.255. The van der Waals surface area contributed by atoms with Crippen molar-refractivity contribution in [3.05, 3.63) is 29.8 Å². The second-order valence-corrected chi connectivity index (χ2v) is 5.21. The Morgan fingerprint density at radius 1 is 1.17 bits per heavy atom. The first-order valence-electron chi connectivity index (χ1n) is 5.62. The lowest BCUT2D eigenvalue weighted by atomic mass is 9.98. The summed E-state index contributed by atoms with van der Waals surface area (Å²) in [4.78, 5) is 34.7. The van der Waals surface area contributed by atoms with Gasteiger partial charge in [0.15, 0.2) is 11.6 Å². The van der Waals surface area contributed by atoms with E-state index in [4.69, 9.17) is 0 Å². The third kappa shape index (κ3) is 2.61. The molecule has 0 heterocycles. The lowest BCUT2D eigenvalue weighted by Gasteiger charge is -2.20. The first-order valence-corrected chi connectivity index (χ1v) is 6.50. The minimum atomic E-state index is -1.30. The Bertz CT molecular complexity index is 493. The van der Waals surface area contributed by atoms with Gasteiger partial charge in [-0.25, -0.2) is 0 Å². The number of benzene rings is 1. The van der Waals surface area contributed by atoms with Crippen molar-refractivity contribution in [2.45, 2.75) is 29.4 Å². The Morgan fingerprint density at radius 2 is 1.78 bits per heavy atom. The van der Waals surface area contributed by atoms with E-state index < -0.39 is 11.2 Å². The van der Waals surface area contributed by atoms with E-state index in [0.717, 1.165) is 11.8 Å². The molecule has 1 aromatic rings. The van der Waals surface area contributed by atoms with Gasteiger partial charge < -0.3 is 9.90 Å². The number of hydrogen-bond acceptors (Lipinski definition) is 5. The van der Waals surface area contributed by atoms with Crippen LogP contribution in [0, 0.1) is 0 Å². The minimum Gasteiger partial charge on any atom is -0.545 e. The first-order chi connectivity index (χ1) is 8.59. The highest BCUT2D eigenvalue weighted by Crippen LogP contribution is 2.31. The molecule has 5 heteroatoms. The number of hydrogen-bond donors (Lipinski definition) is 0. The molecule has 0 radical (unpaired) electrons. The normalized spacial score (nSPS) is 16.9. The summed E-state index contributed by atoms with van der Waals surface area (Å²) in [7, 11) is 0. The molecule has 0 unspecified atom stereocenters. The Hall–Kier alpha value is -1.62. The second-order valence-electron chi connectivity index (χ2n) is 4.07. The van der Waals surface area contributed by atoms with Crippen LogP contribution in [0.3, 0.4) is 0 Å².